The van der Waals surface area contributed by atoms with E-state index in [-0.39, 0.29) is 62.4 Å². The van der Waals surface area contributed by atoms with E-state index >= 15 is 0 Å². The lowest BCUT2D eigenvalue weighted by molar-refractivity contribution is -0.180. The number of fused-ring (bicyclic) bond motifs is 5. The summed E-state index contributed by atoms with van der Waals surface area (Å²) in [5.41, 5.74) is 0. The van der Waals surface area contributed by atoms with Crippen LogP contribution in [0.15, 0.2) is 0 Å². The van der Waals surface area contributed by atoms with E-state index in [1.807, 2.05) is 6.92 Å². The third kappa shape index (κ3) is 7.60. The Morgan fingerprint density at radius 3 is 2.11 bits per heavy atom. The van der Waals surface area contributed by atoms with E-state index in [0.717, 1.165) is 6.42 Å². The van der Waals surface area contributed by atoms with Crippen molar-refractivity contribution in [2.75, 3.05) is 26.4 Å². The van der Waals surface area contributed by atoms with Crippen LogP contribution in [0.3, 0.4) is 0 Å². The highest BCUT2D eigenvalue weighted by Crippen LogP contribution is 2.38. The number of rotatable bonds is 3. The van der Waals surface area contributed by atoms with Crippen LogP contribution in [0.25, 0.3) is 0 Å². The first-order valence-corrected chi connectivity index (χ1v) is 13.0. The summed E-state index contributed by atoms with van der Waals surface area (Å²) in [5, 5.41) is 0. The molecule has 4 rings (SSSR count). The summed E-state index contributed by atoms with van der Waals surface area (Å²) in [5.74, 6) is -0.800. The van der Waals surface area contributed by atoms with Crippen LogP contribution in [-0.4, -0.2) is 81.1 Å². The van der Waals surface area contributed by atoms with Crippen LogP contribution in [0.2, 0.25) is 0 Å². The first-order valence-electron chi connectivity index (χ1n) is 13.0. The average Bonchev–Trinajstić information content (AvgIpc) is 3.51. The molecule has 0 radical (unpaired) electrons. The fourth-order valence-electron chi connectivity index (χ4n) is 5.13. The van der Waals surface area contributed by atoms with Crippen LogP contribution in [0.5, 0.6) is 0 Å². The Hall–Kier alpha value is -1.30. The van der Waals surface area contributed by atoms with Gasteiger partial charge in [-0.25, -0.2) is 0 Å². The summed E-state index contributed by atoms with van der Waals surface area (Å²) in [7, 11) is 0. The minimum atomic E-state index is -0.663. The van der Waals surface area contributed by atoms with Crippen molar-refractivity contribution < 1.29 is 47.5 Å². The molecular weight excluding hydrogens is 460 g/mol. The second-order valence-electron chi connectivity index (χ2n) is 10.3. The molecule has 0 spiro atoms. The van der Waals surface area contributed by atoms with Crippen LogP contribution in [0.4, 0.5) is 0 Å². The van der Waals surface area contributed by atoms with Crippen molar-refractivity contribution in [2.45, 2.75) is 115 Å². The van der Waals surface area contributed by atoms with Crippen molar-refractivity contribution in [1.29, 1.82) is 0 Å². The molecule has 0 aromatic carbocycles. The van der Waals surface area contributed by atoms with Crippen molar-refractivity contribution in [2.24, 2.45) is 5.92 Å². The van der Waals surface area contributed by atoms with Gasteiger partial charge >= 0.3 is 11.9 Å². The predicted molar refractivity (Wildman–Crippen MR) is 121 cm³/mol. The van der Waals surface area contributed by atoms with Gasteiger partial charge in [0.25, 0.3) is 0 Å². The molecule has 4 aliphatic rings. The number of carbonyl (C=O) groups excluding carboxylic acids is 2. The topological polar surface area (TPSA) is 108 Å². The monoisotopic (exact) mass is 500 g/mol. The molecule has 10 nitrogen and oxygen atoms in total. The summed E-state index contributed by atoms with van der Waals surface area (Å²) >= 11 is 0. The first kappa shape index (κ1) is 26.8. The third-order valence-electron chi connectivity index (χ3n) is 6.64. The summed E-state index contributed by atoms with van der Waals surface area (Å²) in [6.45, 7) is 7.48. The zero-order chi connectivity index (χ0) is 24.8. The minimum absolute atomic E-state index is 0.228. The van der Waals surface area contributed by atoms with Crippen LogP contribution in [-0.2, 0) is 47.5 Å². The van der Waals surface area contributed by atoms with E-state index in [1.165, 1.54) is 0 Å². The fourth-order valence-corrected chi connectivity index (χ4v) is 5.13. The van der Waals surface area contributed by atoms with Crippen LogP contribution >= 0.6 is 0 Å². The second-order valence-corrected chi connectivity index (χ2v) is 10.3. The lowest BCUT2D eigenvalue weighted by atomic mass is 10.0. The Balaban J connectivity index is 1.41. The molecule has 4 saturated heterocycles. The van der Waals surface area contributed by atoms with E-state index < -0.39 is 18.4 Å². The largest absolute Gasteiger partial charge is 0.466 e. The van der Waals surface area contributed by atoms with Gasteiger partial charge in [0.05, 0.1) is 26.4 Å². The zero-order valence-electron chi connectivity index (χ0n) is 21.1. The lowest BCUT2D eigenvalue weighted by Crippen LogP contribution is -2.45. The summed E-state index contributed by atoms with van der Waals surface area (Å²) in [4.78, 5) is 24.0. The highest BCUT2D eigenvalue weighted by molar-refractivity contribution is 5.69. The molecule has 0 amide bonds. The number of hydrogen-bond donors (Lipinski definition) is 0. The molecule has 4 aliphatic heterocycles. The second kappa shape index (κ2) is 12.3. The molecule has 200 valence electrons. The van der Waals surface area contributed by atoms with Gasteiger partial charge < -0.3 is 37.9 Å². The standard InChI is InChI=1S/C25H40O10/c1-16(2)13-25(3)31-15-18(35-25)24-23-17-14-30-21(32-17)9-4-7-19(26)28-11-6-12-29-20(27)8-5-10-22(33-23)34-24/h16-18,21-24H,4-15H2,1-3H3. The van der Waals surface area contributed by atoms with Gasteiger partial charge in [-0.05, 0) is 38.5 Å². The predicted octanol–water partition coefficient (Wildman–Crippen LogP) is 2.85. The molecule has 10 heteroatoms. The maximum atomic E-state index is 12.0. The molecule has 0 aliphatic carbocycles. The van der Waals surface area contributed by atoms with Crippen LogP contribution < -0.4 is 0 Å². The zero-order valence-corrected chi connectivity index (χ0v) is 21.1. The summed E-state index contributed by atoms with van der Waals surface area (Å²) in [6.07, 6.45) is 1.81. The highest BCUT2D eigenvalue weighted by atomic mass is 16.8. The fraction of sp³-hybridized carbons (Fsp3) is 0.920. The maximum Gasteiger partial charge on any atom is 0.305 e. The van der Waals surface area contributed by atoms with Gasteiger partial charge in [0.1, 0.15) is 24.4 Å². The van der Waals surface area contributed by atoms with Crippen molar-refractivity contribution in [3.8, 4) is 0 Å². The first-order chi connectivity index (χ1) is 16.8. The molecule has 0 N–H and O–H groups in total. The molecule has 7 unspecified atom stereocenters. The van der Waals surface area contributed by atoms with Crippen molar-refractivity contribution in [1.82, 2.24) is 0 Å². The van der Waals surface area contributed by atoms with Crippen LogP contribution in [0.1, 0.15) is 72.1 Å². The van der Waals surface area contributed by atoms with Crippen LogP contribution in [0, 0.1) is 5.92 Å². The summed E-state index contributed by atoms with van der Waals surface area (Å²) in [6, 6.07) is 0. The Kier molecular flexibility index (Phi) is 9.40. The van der Waals surface area contributed by atoms with Gasteiger partial charge in [-0.2, -0.15) is 0 Å². The van der Waals surface area contributed by atoms with E-state index in [9.17, 15) is 9.59 Å². The van der Waals surface area contributed by atoms with Gasteiger partial charge in [0.2, 0.25) is 0 Å². The normalized spacial score (nSPS) is 40.1. The molecule has 4 fully saturated rings. The SMILES string of the molecule is CC(C)CC1(C)OCC(C2OC3CCCC(=O)OCCCOC(=O)CCCC4OCC(O4)C2O3)O1. The van der Waals surface area contributed by atoms with Gasteiger partial charge in [0, 0.05) is 25.7 Å². The molecule has 4 bridgehead atoms. The number of cyclic esters (lactones) is 2. The molecule has 0 saturated carbocycles. The van der Waals surface area contributed by atoms with E-state index in [0.29, 0.717) is 51.2 Å². The van der Waals surface area contributed by atoms with Crippen molar-refractivity contribution in [3.63, 3.8) is 0 Å². The summed E-state index contributed by atoms with van der Waals surface area (Å²) < 4.78 is 47.5. The number of hydrogen-bond acceptors (Lipinski definition) is 10. The lowest BCUT2D eigenvalue weighted by Gasteiger charge is -2.28. The van der Waals surface area contributed by atoms with E-state index in [2.05, 4.69) is 13.8 Å². The van der Waals surface area contributed by atoms with Gasteiger partial charge in [-0.1, -0.05) is 13.8 Å². The Labute approximate surface area is 207 Å². The number of esters is 2. The van der Waals surface area contributed by atoms with Crippen molar-refractivity contribution in [3.05, 3.63) is 0 Å². The van der Waals surface area contributed by atoms with Gasteiger partial charge in [-0.15, -0.1) is 0 Å². The van der Waals surface area contributed by atoms with E-state index in [4.69, 9.17) is 37.9 Å². The molecule has 0 aromatic rings. The van der Waals surface area contributed by atoms with E-state index in [1.54, 1.807) is 0 Å². The van der Waals surface area contributed by atoms with Gasteiger partial charge in [-0.3, -0.25) is 9.59 Å². The third-order valence-corrected chi connectivity index (χ3v) is 6.64. The minimum Gasteiger partial charge on any atom is -0.466 e. The van der Waals surface area contributed by atoms with Gasteiger partial charge in [0.15, 0.2) is 18.4 Å². The number of ether oxygens (including phenoxy) is 8. The Bertz CT molecular complexity index is 714. The smallest absolute Gasteiger partial charge is 0.305 e. The molecule has 0 aromatic heterocycles. The number of carbonyl (C=O) groups is 2. The molecule has 4 heterocycles. The molecule has 35 heavy (non-hydrogen) atoms. The Morgan fingerprint density at radius 1 is 0.829 bits per heavy atom. The average molecular weight is 501 g/mol. The van der Waals surface area contributed by atoms with Crippen molar-refractivity contribution >= 4 is 11.9 Å². The maximum absolute atomic E-state index is 12.0. The highest BCUT2D eigenvalue weighted by Gasteiger charge is 2.52. The quantitative estimate of drug-likeness (QED) is 0.537. The Morgan fingerprint density at radius 2 is 1.46 bits per heavy atom. The molecular formula is C25H40O10. The molecule has 7 atom stereocenters.